The van der Waals surface area contributed by atoms with Crippen LogP contribution in [-0.4, -0.2) is 22.9 Å². The van der Waals surface area contributed by atoms with E-state index in [1.807, 2.05) is 6.07 Å². The summed E-state index contributed by atoms with van der Waals surface area (Å²) in [6.07, 6.45) is 3.27. The van der Waals surface area contributed by atoms with Crippen LogP contribution < -0.4 is 4.74 Å². The Morgan fingerprint density at radius 3 is 2.62 bits per heavy atom. The van der Waals surface area contributed by atoms with Crippen molar-refractivity contribution in [3.63, 3.8) is 0 Å². The second-order valence-electron chi connectivity index (χ2n) is 3.18. The van der Waals surface area contributed by atoms with Gasteiger partial charge in [-0.25, -0.2) is 9.97 Å². The Labute approximate surface area is 96.9 Å². The molecule has 5 heteroatoms. The number of thiazole rings is 1. The molecule has 0 amide bonds. The number of Topliss-reactive ketones (excluding diaryl/α,β-unsaturated/α-hetero) is 1. The highest BCUT2D eigenvalue weighted by molar-refractivity contribution is 7.16. The highest BCUT2D eigenvalue weighted by Gasteiger charge is 2.08. The molecule has 0 aliphatic carbocycles. The van der Waals surface area contributed by atoms with Gasteiger partial charge in [0.25, 0.3) is 0 Å². The smallest absolute Gasteiger partial charge is 0.212 e. The van der Waals surface area contributed by atoms with Crippen molar-refractivity contribution in [1.82, 2.24) is 9.97 Å². The molecule has 0 spiro atoms. The number of aromatic nitrogens is 2. The second kappa shape index (κ2) is 4.40. The Kier molecular flexibility index (Phi) is 2.96. The molecule has 0 unspecified atom stereocenters. The zero-order valence-electron chi connectivity index (χ0n) is 8.93. The van der Waals surface area contributed by atoms with Gasteiger partial charge >= 0.3 is 0 Å². The predicted molar refractivity (Wildman–Crippen MR) is 61.9 cm³/mol. The summed E-state index contributed by atoms with van der Waals surface area (Å²) in [7, 11) is 1.57. The number of rotatable bonds is 3. The van der Waals surface area contributed by atoms with Crippen LogP contribution in [0.25, 0.3) is 10.6 Å². The molecular weight excluding hydrogens is 224 g/mol. The summed E-state index contributed by atoms with van der Waals surface area (Å²) in [6.45, 7) is 1.53. The molecule has 0 aromatic carbocycles. The van der Waals surface area contributed by atoms with Gasteiger partial charge in [-0.05, 0) is 6.07 Å². The number of carbonyl (C=O) groups is 1. The molecule has 82 valence electrons. The van der Waals surface area contributed by atoms with E-state index in [4.69, 9.17) is 4.74 Å². The normalized spacial score (nSPS) is 10.1. The van der Waals surface area contributed by atoms with Gasteiger partial charge in [0, 0.05) is 30.9 Å². The fourth-order valence-corrected chi connectivity index (χ4v) is 2.00. The Morgan fingerprint density at radius 2 is 2.12 bits per heavy atom. The maximum absolute atomic E-state index is 11.1. The van der Waals surface area contributed by atoms with Gasteiger partial charge in [-0.1, -0.05) is 0 Å². The topological polar surface area (TPSA) is 52.1 Å². The summed E-state index contributed by atoms with van der Waals surface area (Å²) in [5.41, 5.74) is 0.887. The molecule has 0 aliphatic rings. The highest BCUT2D eigenvalue weighted by atomic mass is 32.1. The van der Waals surface area contributed by atoms with Gasteiger partial charge in [0.1, 0.15) is 5.01 Å². The number of pyridine rings is 1. The van der Waals surface area contributed by atoms with Crippen molar-refractivity contribution in [2.24, 2.45) is 0 Å². The summed E-state index contributed by atoms with van der Waals surface area (Å²) >= 11 is 1.37. The molecule has 2 aromatic rings. The van der Waals surface area contributed by atoms with Crippen LogP contribution in [0, 0.1) is 0 Å². The first-order valence-corrected chi connectivity index (χ1v) is 5.49. The third-order valence-corrected chi connectivity index (χ3v) is 3.19. The highest BCUT2D eigenvalue weighted by Crippen LogP contribution is 2.25. The van der Waals surface area contributed by atoms with Gasteiger partial charge in [-0.15, -0.1) is 11.3 Å². The molecule has 16 heavy (non-hydrogen) atoms. The van der Waals surface area contributed by atoms with Crippen molar-refractivity contribution in [3.8, 4) is 16.5 Å². The first-order valence-electron chi connectivity index (χ1n) is 4.68. The van der Waals surface area contributed by atoms with E-state index < -0.39 is 0 Å². The van der Waals surface area contributed by atoms with Crippen LogP contribution in [0.15, 0.2) is 24.5 Å². The molecule has 2 rings (SSSR count). The van der Waals surface area contributed by atoms with Crippen molar-refractivity contribution < 1.29 is 9.53 Å². The number of hydrogen-bond acceptors (Lipinski definition) is 5. The molecule has 4 nitrogen and oxygen atoms in total. The summed E-state index contributed by atoms with van der Waals surface area (Å²) in [4.78, 5) is 20.1. The monoisotopic (exact) mass is 234 g/mol. The molecule has 0 saturated heterocycles. The molecule has 0 N–H and O–H groups in total. The average Bonchev–Trinajstić information content (AvgIpc) is 2.78. The lowest BCUT2D eigenvalue weighted by molar-refractivity contribution is 0.102. The van der Waals surface area contributed by atoms with E-state index >= 15 is 0 Å². The fraction of sp³-hybridized carbons (Fsp3) is 0.182. The predicted octanol–water partition coefficient (Wildman–Crippen LogP) is 2.42. The van der Waals surface area contributed by atoms with Crippen molar-refractivity contribution in [2.75, 3.05) is 7.11 Å². The zero-order chi connectivity index (χ0) is 11.5. The Bertz CT molecular complexity index is 505. The molecule has 0 fully saturated rings. The van der Waals surface area contributed by atoms with E-state index in [0.29, 0.717) is 10.8 Å². The van der Waals surface area contributed by atoms with Crippen molar-refractivity contribution in [3.05, 3.63) is 29.4 Å². The van der Waals surface area contributed by atoms with Crippen LogP contribution in [-0.2, 0) is 0 Å². The summed E-state index contributed by atoms with van der Waals surface area (Å²) in [6, 6.07) is 3.64. The van der Waals surface area contributed by atoms with Crippen LogP contribution in [0.5, 0.6) is 5.88 Å². The molecule has 2 heterocycles. The number of hydrogen-bond donors (Lipinski definition) is 0. The molecule has 0 radical (unpaired) electrons. The van der Waals surface area contributed by atoms with E-state index in [0.717, 1.165) is 10.6 Å². The van der Waals surface area contributed by atoms with Crippen LogP contribution in [0.1, 0.15) is 16.6 Å². The molecule has 2 aromatic heterocycles. The largest absolute Gasteiger partial charge is 0.481 e. The number of carbonyl (C=O) groups excluding carboxylic acids is 1. The molecular formula is C11H10N2O2S. The Balaban J connectivity index is 2.31. The summed E-state index contributed by atoms with van der Waals surface area (Å²) < 4.78 is 4.97. The SMILES string of the molecule is COc1ccc(-c2ncc(C(C)=O)s2)cn1. The fourth-order valence-electron chi connectivity index (χ4n) is 1.20. The molecule has 0 saturated carbocycles. The maximum atomic E-state index is 11.1. The van der Waals surface area contributed by atoms with Gasteiger partial charge in [0.15, 0.2) is 5.78 Å². The Morgan fingerprint density at radius 1 is 1.31 bits per heavy atom. The standard InChI is InChI=1S/C11H10N2O2S/c1-7(14)9-6-13-11(16-9)8-3-4-10(15-2)12-5-8/h3-6H,1-2H3. The van der Waals surface area contributed by atoms with Crippen molar-refractivity contribution in [2.45, 2.75) is 6.92 Å². The average molecular weight is 234 g/mol. The van der Waals surface area contributed by atoms with Crippen LogP contribution in [0.4, 0.5) is 0 Å². The Hall–Kier alpha value is -1.75. The first-order chi connectivity index (χ1) is 7.70. The van der Waals surface area contributed by atoms with Crippen molar-refractivity contribution >= 4 is 17.1 Å². The van der Waals surface area contributed by atoms with E-state index in [1.54, 1.807) is 25.6 Å². The van der Waals surface area contributed by atoms with Gasteiger partial charge in [0.05, 0.1) is 12.0 Å². The minimum Gasteiger partial charge on any atom is -0.481 e. The number of nitrogens with zero attached hydrogens (tertiary/aromatic N) is 2. The molecule has 0 atom stereocenters. The van der Waals surface area contributed by atoms with Crippen LogP contribution in [0.3, 0.4) is 0 Å². The molecule has 0 bridgehead atoms. The summed E-state index contributed by atoms with van der Waals surface area (Å²) in [5.74, 6) is 0.595. The quantitative estimate of drug-likeness (QED) is 0.765. The van der Waals surface area contributed by atoms with E-state index in [2.05, 4.69) is 9.97 Å². The van der Waals surface area contributed by atoms with Gasteiger partial charge in [0.2, 0.25) is 5.88 Å². The number of ether oxygens (including phenoxy) is 1. The molecule has 0 aliphatic heterocycles. The van der Waals surface area contributed by atoms with Gasteiger partial charge in [-0.3, -0.25) is 4.79 Å². The van der Waals surface area contributed by atoms with E-state index in [9.17, 15) is 4.79 Å². The lowest BCUT2D eigenvalue weighted by Crippen LogP contribution is -1.86. The van der Waals surface area contributed by atoms with E-state index in [1.165, 1.54) is 18.3 Å². The van der Waals surface area contributed by atoms with Gasteiger partial charge in [-0.2, -0.15) is 0 Å². The number of methoxy groups -OCH3 is 1. The first kappa shape index (κ1) is 10.8. The maximum Gasteiger partial charge on any atom is 0.212 e. The van der Waals surface area contributed by atoms with Crippen LogP contribution >= 0.6 is 11.3 Å². The van der Waals surface area contributed by atoms with Gasteiger partial charge < -0.3 is 4.74 Å². The lowest BCUT2D eigenvalue weighted by Gasteiger charge is -1.98. The summed E-state index contributed by atoms with van der Waals surface area (Å²) in [5, 5.41) is 0.792. The van der Waals surface area contributed by atoms with Crippen LogP contribution in [0.2, 0.25) is 0 Å². The second-order valence-corrected chi connectivity index (χ2v) is 4.21. The third kappa shape index (κ3) is 2.09. The minimum atomic E-state index is 0.0326. The number of ketones is 1. The minimum absolute atomic E-state index is 0.0326. The lowest BCUT2D eigenvalue weighted by atomic mass is 10.3. The third-order valence-electron chi connectivity index (χ3n) is 2.05. The van der Waals surface area contributed by atoms with Crippen molar-refractivity contribution in [1.29, 1.82) is 0 Å². The van der Waals surface area contributed by atoms with E-state index in [-0.39, 0.29) is 5.78 Å². The zero-order valence-corrected chi connectivity index (χ0v) is 9.75.